The van der Waals surface area contributed by atoms with Crippen molar-refractivity contribution in [2.45, 2.75) is 65.7 Å². The van der Waals surface area contributed by atoms with Gasteiger partial charge < -0.3 is 28.7 Å². The fourth-order valence-corrected chi connectivity index (χ4v) is 5.48. The average Bonchev–Trinajstić information content (AvgIpc) is 3.28. The van der Waals surface area contributed by atoms with Crippen molar-refractivity contribution in [3.63, 3.8) is 0 Å². The Labute approximate surface area is 239 Å². The number of benzene rings is 1. The van der Waals surface area contributed by atoms with Crippen LogP contribution in [-0.4, -0.2) is 106 Å². The second-order valence-corrected chi connectivity index (χ2v) is 12.2. The summed E-state index contributed by atoms with van der Waals surface area (Å²) in [7, 11) is 0. The molecule has 4 rings (SSSR count). The van der Waals surface area contributed by atoms with E-state index in [4.69, 9.17) is 9.47 Å². The van der Waals surface area contributed by atoms with Gasteiger partial charge in [0, 0.05) is 32.7 Å². The fraction of sp³-hybridized carbons (Fsp3) is 0.655. The molecule has 2 aromatic rings. The molecule has 41 heavy (non-hydrogen) atoms. The largest absolute Gasteiger partial charge is 0.444 e. The number of ether oxygens (including phenoxy) is 2. The molecule has 0 N–H and O–H groups in total. The molecule has 2 atom stereocenters. The Bertz CT molecular complexity index is 1240. The van der Waals surface area contributed by atoms with Gasteiger partial charge in [-0.1, -0.05) is 26.0 Å². The van der Waals surface area contributed by atoms with Gasteiger partial charge in [0.1, 0.15) is 5.60 Å². The monoisotopic (exact) mass is 577 g/mol. The molecule has 3 heterocycles. The number of carbonyl (C=O) groups excluding carboxylic acids is 3. The molecule has 0 radical (unpaired) electrons. The number of likely N-dealkylation sites (tertiary alicyclic amines) is 1. The number of piperidine rings is 1. The summed E-state index contributed by atoms with van der Waals surface area (Å²) in [5, 5.41) is 0. The Morgan fingerprint density at radius 3 is 2.41 bits per heavy atom. The summed E-state index contributed by atoms with van der Waals surface area (Å²) >= 11 is 0. The van der Waals surface area contributed by atoms with Crippen LogP contribution >= 0.6 is 0 Å². The number of imidazole rings is 1. The van der Waals surface area contributed by atoms with E-state index in [0.29, 0.717) is 50.3 Å². The highest BCUT2D eigenvalue weighted by atomic mass is 19.3. The first-order valence-corrected chi connectivity index (χ1v) is 14.2. The number of hydrogen-bond acceptors (Lipinski definition) is 6. The van der Waals surface area contributed by atoms with E-state index in [1.807, 2.05) is 13.8 Å². The molecule has 2 fully saturated rings. The predicted octanol–water partition coefficient (Wildman–Crippen LogP) is 3.88. The summed E-state index contributed by atoms with van der Waals surface area (Å²) < 4.78 is 39.6. The lowest BCUT2D eigenvalue weighted by atomic mass is 9.91. The molecule has 2 saturated heterocycles. The third-order valence-electron chi connectivity index (χ3n) is 7.18. The van der Waals surface area contributed by atoms with Gasteiger partial charge in [-0.05, 0) is 45.2 Å². The summed E-state index contributed by atoms with van der Waals surface area (Å²) in [6, 6.07) is 6.25. The van der Waals surface area contributed by atoms with Crippen LogP contribution in [0, 0.1) is 11.8 Å². The molecule has 1 aromatic carbocycles. The topological polar surface area (TPSA) is 97.2 Å². The number of carbonyl (C=O) groups is 3. The third-order valence-corrected chi connectivity index (χ3v) is 7.18. The quantitative estimate of drug-likeness (QED) is 0.496. The van der Waals surface area contributed by atoms with Crippen LogP contribution in [0.3, 0.4) is 0 Å². The standard InChI is InChI=1S/C29H41F2N5O5/c1-19(2)15-35(27(38)25-32-22-8-6-7-9-23(22)36(25)18-24(30)31)21-14-20(26(37)33-10-12-40-13-11-33)16-34(17-21)28(39)41-29(3,4)5/h6-9,19-21,24H,10-18H2,1-5H3/t20-,21+/m1/s1. The predicted molar refractivity (Wildman–Crippen MR) is 149 cm³/mol. The van der Waals surface area contributed by atoms with E-state index in [-0.39, 0.29) is 30.7 Å². The fourth-order valence-electron chi connectivity index (χ4n) is 5.48. The second kappa shape index (κ2) is 12.7. The van der Waals surface area contributed by atoms with Crippen molar-refractivity contribution in [2.24, 2.45) is 11.8 Å². The SMILES string of the molecule is CC(C)CN(C(=O)c1nc2ccccc2n1CC(F)F)[C@H]1C[C@@H](C(=O)N2CCOCC2)CN(C(=O)OC(C)(C)C)C1. The maximum absolute atomic E-state index is 14.2. The van der Waals surface area contributed by atoms with Gasteiger partial charge in [-0.25, -0.2) is 18.6 Å². The zero-order chi connectivity index (χ0) is 29.9. The zero-order valence-corrected chi connectivity index (χ0v) is 24.5. The molecule has 12 heteroatoms. The smallest absolute Gasteiger partial charge is 0.410 e. The van der Waals surface area contributed by atoms with Crippen molar-refractivity contribution in [1.29, 1.82) is 0 Å². The molecule has 2 aliphatic rings. The molecule has 2 aliphatic heterocycles. The van der Waals surface area contributed by atoms with Gasteiger partial charge in [0.05, 0.1) is 42.8 Å². The lowest BCUT2D eigenvalue weighted by molar-refractivity contribution is -0.142. The molecule has 0 unspecified atom stereocenters. The van der Waals surface area contributed by atoms with E-state index >= 15 is 0 Å². The molecule has 1 aromatic heterocycles. The van der Waals surface area contributed by atoms with E-state index in [9.17, 15) is 23.2 Å². The minimum Gasteiger partial charge on any atom is -0.444 e. The number of alkyl halides is 2. The average molecular weight is 578 g/mol. The Hall–Kier alpha value is -3.28. The number of nitrogens with zero attached hydrogens (tertiary/aromatic N) is 5. The Balaban J connectivity index is 1.70. The Morgan fingerprint density at radius 1 is 1.10 bits per heavy atom. The summed E-state index contributed by atoms with van der Waals surface area (Å²) in [6.07, 6.45) is -2.93. The number of halogens is 2. The van der Waals surface area contributed by atoms with Crippen LogP contribution in [0.25, 0.3) is 11.0 Å². The van der Waals surface area contributed by atoms with Gasteiger partial charge in [-0.2, -0.15) is 0 Å². The molecular formula is C29H41F2N5O5. The lowest BCUT2D eigenvalue weighted by Gasteiger charge is -2.44. The summed E-state index contributed by atoms with van der Waals surface area (Å²) in [5.74, 6) is -1.24. The maximum Gasteiger partial charge on any atom is 0.410 e. The summed E-state index contributed by atoms with van der Waals surface area (Å²) in [4.78, 5) is 50.3. The van der Waals surface area contributed by atoms with Crippen LogP contribution in [0.2, 0.25) is 0 Å². The second-order valence-electron chi connectivity index (χ2n) is 12.2. The van der Waals surface area contributed by atoms with E-state index < -0.39 is 42.5 Å². The number of hydrogen-bond donors (Lipinski definition) is 0. The van der Waals surface area contributed by atoms with Gasteiger partial charge in [0.25, 0.3) is 12.3 Å². The van der Waals surface area contributed by atoms with Crippen molar-refractivity contribution in [3.05, 3.63) is 30.1 Å². The first-order valence-electron chi connectivity index (χ1n) is 14.2. The molecule has 0 spiro atoms. The lowest BCUT2D eigenvalue weighted by Crippen LogP contribution is -2.58. The summed E-state index contributed by atoms with van der Waals surface area (Å²) in [6.45, 7) is 10.9. The van der Waals surface area contributed by atoms with Crippen molar-refractivity contribution in [3.8, 4) is 0 Å². The summed E-state index contributed by atoms with van der Waals surface area (Å²) in [5.41, 5.74) is 0.141. The number of amides is 3. The first-order chi connectivity index (χ1) is 19.3. The first kappa shape index (κ1) is 30.7. The van der Waals surface area contributed by atoms with Gasteiger partial charge in [0.15, 0.2) is 5.82 Å². The van der Waals surface area contributed by atoms with Crippen LogP contribution in [0.1, 0.15) is 51.7 Å². The van der Waals surface area contributed by atoms with Crippen LogP contribution < -0.4 is 0 Å². The van der Waals surface area contributed by atoms with Gasteiger partial charge in [-0.15, -0.1) is 0 Å². The zero-order valence-electron chi connectivity index (χ0n) is 24.5. The van der Waals surface area contributed by atoms with Crippen molar-refractivity contribution < 1.29 is 32.6 Å². The van der Waals surface area contributed by atoms with E-state index in [2.05, 4.69) is 4.98 Å². The Kier molecular flexibility index (Phi) is 9.51. The van der Waals surface area contributed by atoms with Crippen molar-refractivity contribution >= 4 is 28.9 Å². The van der Waals surface area contributed by atoms with Gasteiger partial charge >= 0.3 is 6.09 Å². The molecule has 0 saturated carbocycles. The molecule has 3 amide bonds. The van der Waals surface area contributed by atoms with Crippen LogP contribution in [0.15, 0.2) is 24.3 Å². The minimum atomic E-state index is -2.69. The number of aromatic nitrogens is 2. The molecule has 226 valence electrons. The highest BCUT2D eigenvalue weighted by Gasteiger charge is 2.42. The highest BCUT2D eigenvalue weighted by Crippen LogP contribution is 2.28. The van der Waals surface area contributed by atoms with Crippen molar-refractivity contribution in [2.75, 3.05) is 45.9 Å². The molecular weight excluding hydrogens is 536 g/mol. The van der Waals surface area contributed by atoms with Gasteiger partial charge in [-0.3, -0.25) is 9.59 Å². The Morgan fingerprint density at radius 2 is 1.78 bits per heavy atom. The normalized spacial score (nSPS) is 20.1. The van der Waals surface area contributed by atoms with E-state index in [1.165, 1.54) is 9.47 Å². The van der Waals surface area contributed by atoms with Crippen LogP contribution in [0.4, 0.5) is 13.6 Å². The minimum absolute atomic E-state index is 0.0252. The number of fused-ring (bicyclic) bond motifs is 1. The highest BCUT2D eigenvalue weighted by molar-refractivity contribution is 5.95. The number of para-hydroxylation sites is 2. The molecule has 0 bridgehead atoms. The van der Waals surface area contributed by atoms with E-state index in [0.717, 1.165) is 0 Å². The van der Waals surface area contributed by atoms with E-state index in [1.54, 1.807) is 54.8 Å². The molecule has 0 aliphatic carbocycles. The number of rotatable bonds is 7. The van der Waals surface area contributed by atoms with Crippen LogP contribution in [-0.2, 0) is 20.8 Å². The maximum atomic E-state index is 14.2. The third kappa shape index (κ3) is 7.52. The number of morpholine rings is 1. The van der Waals surface area contributed by atoms with Crippen molar-refractivity contribution in [1.82, 2.24) is 24.3 Å². The van der Waals surface area contributed by atoms with Crippen LogP contribution in [0.5, 0.6) is 0 Å². The molecule has 10 nitrogen and oxygen atoms in total. The van der Waals surface area contributed by atoms with Gasteiger partial charge in [0.2, 0.25) is 5.91 Å².